The minimum atomic E-state index is -0.577. The zero-order chi connectivity index (χ0) is 20.5. The van der Waals surface area contributed by atoms with E-state index in [2.05, 4.69) is 21.2 Å². The lowest BCUT2D eigenvalue weighted by atomic mass is 9.79. The van der Waals surface area contributed by atoms with Gasteiger partial charge in [-0.1, -0.05) is 13.8 Å². The van der Waals surface area contributed by atoms with Crippen molar-refractivity contribution in [3.8, 4) is 5.75 Å². The Hall–Kier alpha value is -3.42. The number of nitrogens with zero attached hydrogens (tertiary/aromatic N) is 1. The van der Waals surface area contributed by atoms with Gasteiger partial charge in [-0.3, -0.25) is 4.79 Å². The first-order valence-electron chi connectivity index (χ1n) is 8.70. The normalized spacial score (nSPS) is 15.4. The van der Waals surface area contributed by atoms with Crippen molar-refractivity contribution in [2.24, 2.45) is 10.5 Å². The number of benzene rings is 2. The number of carbonyl (C=O) groups excluding carboxylic acids is 2. The molecular weight excluding hydrogens is 363 g/mol. The van der Waals surface area contributed by atoms with Crippen molar-refractivity contribution < 1.29 is 19.1 Å². The molecular formula is C20H21FN4O3. The number of aryl methyl sites for hydroxylation is 1. The zero-order valence-corrected chi connectivity index (χ0v) is 15.8. The Morgan fingerprint density at radius 2 is 1.96 bits per heavy atom. The van der Waals surface area contributed by atoms with E-state index < -0.39 is 11.4 Å². The van der Waals surface area contributed by atoms with E-state index in [0.717, 1.165) is 0 Å². The third kappa shape index (κ3) is 4.11. The van der Waals surface area contributed by atoms with Gasteiger partial charge in [0.05, 0.1) is 5.71 Å². The Morgan fingerprint density at radius 3 is 2.64 bits per heavy atom. The molecule has 1 heterocycles. The molecule has 0 saturated heterocycles. The molecule has 0 saturated carbocycles. The molecule has 0 radical (unpaired) electrons. The highest BCUT2D eigenvalue weighted by atomic mass is 19.1. The molecule has 146 valence electrons. The van der Waals surface area contributed by atoms with E-state index in [1.165, 1.54) is 24.3 Å². The highest BCUT2D eigenvalue weighted by Crippen LogP contribution is 2.34. The summed E-state index contributed by atoms with van der Waals surface area (Å²) in [6, 6.07) is 8.14. The predicted octanol–water partition coefficient (Wildman–Crippen LogP) is 3.73. The van der Waals surface area contributed by atoms with Crippen molar-refractivity contribution in [2.45, 2.75) is 27.2 Å². The first-order valence-corrected chi connectivity index (χ1v) is 8.70. The number of hydrogen-bond donors (Lipinski definition) is 4. The molecule has 3 rings (SSSR count). The SMILES string of the molecule is Cc1cc(F)ccc1NC(=O)Nc1ccc(O)c(C2=NNC(=O)CC2(C)C)c1. The van der Waals surface area contributed by atoms with Crippen LogP contribution in [-0.4, -0.2) is 22.8 Å². The second-order valence-electron chi connectivity index (χ2n) is 7.33. The number of urea groups is 1. The average molecular weight is 384 g/mol. The highest BCUT2D eigenvalue weighted by molar-refractivity contribution is 6.10. The highest BCUT2D eigenvalue weighted by Gasteiger charge is 2.34. The van der Waals surface area contributed by atoms with E-state index >= 15 is 0 Å². The summed E-state index contributed by atoms with van der Waals surface area (Å²) in [5.41, 5.74) is 4.29. The Kier molecular flexibility index (Phi) is 5.04. The molecule has 1 aliphatic rings. The van der Waals surface area contributed by atoms with Gasteiger partial charge in [-0.05, 0) is 48.9 Å². The molecule has 0 aliphatic carbocycles. The van der Waals surface area contributed by atoms with Gasteiger partial charge in [0.1, 0.15) is 11.6 Å². The van der Waals surface area contributed by atoms with Crippen molar-refractivity contribution in [3.63, 3.8) is 0 Å². The van der Waals surface area contributed by atoms with Crippen molar-refractivity contribution in [1.82, 2.24) is 5.43 Å². The van der Waals surface area contributed by atoms with Crippen LogP contribution in [0.3, 0.4) is 0 Å². The summed E-state index contributed by atoms with van der Waals surface area (Å²) in [4.78, 5) is 23.9. The molecule has 1 aliphatic heterocycles. The van der Waals surface area contributed by atoms with Crippen LogP contribution in [0.2, 0.25) is 0 Å². The molecule has 2 aromatic rings. The van der Waals surface area contributed by atoms with Crippen molar-refractivity contribution in [3.05, 3.63) is 53.3 Å². The maximum Gasteiger partial charge on any atom is 0.323 e. The van der Waals surface area contributed by atoms with E-state index in [1.807, 2.05) is 13.8 Å². The third-order valence-electron chi connectivity index (χ3n) is 4.48. The Balaban J connectivity index is 1.81. The molecule has 0 fully saturated rings. The lowest BCUT2D eigenvalue weighted by molar-refractivity contribution is -0.122. The van der Waals surface area contributed by atoms with E-state index in [-0.39, 0.29) is 23.9 Å². The standard InChI is InChI=1S/C20H21FN4O3/c1-11-8-12(21)4-6-15(11)23-19(28)22-13-5-7-16(26)14(9-13)18-20(2,3)10-17(27)24-25-18/h4-9,26H,10H2,1-3H3,(H,24,27)(H2,22,23,28). The zero-order valence-electron chi connectivity index (χ0n) is 15.8. The number of carbonyl (C=O) groups is 2. The van der Waals surface area contributed by atoms with Gasteiger partial charge in [0.2, 0.25) is 5.91 Å². The summed E-state index contributed by atoms with van der Waals surface area (Å²) in [7, 11) is 0. The summed E-state index contributed by atoms with van der Waals surface area (Å²) < 4.78 is 13.2. The molecule has 7 nitrogen and oxygen atoms in total. The summed E-state index contributed by atoms with van der Waals surface area (Å²) >= 11 is 0. The number of aromatic hydroxyl groups is 1. The fourth-order valence-electron chi connectivity index (χ4n) is 3.07. The molecule has 0 spiro atoms. The van der Waals surface area contributed by atoms with Gasteiger partial charge in [0, 0.05) is 28.8 Å². The van der Waals surface area contributed by atoms with E-state index in [0.29, 0.717) is 28.2 Å². The number of anilines is 2. The summed E-state index contributed by atoms with van der Waals surface area (Å²) in [5, 5.41) is 19.7. The number of hydrogen-bond acceptors (Lipinski definition) is 4. The number of phenols is 1. The summed E-state index contributed by atoms with van der Waals surface area (Å²) in [6.45, 7) is 5.40. The number of halogens is 1. The first kappa shape index (κ1) is 19.3. The van der Waals surface area contributed by atoms with Crippen LogP contribution in [0.4, 0.5) is 20.6 Å². The Morgan fingerprint density at radius 1 is 1.21 bits per heavy atom. The van der Waals surface area contributed by atoms with Crippen molar-refractivity contribution >= 4 is 29.0 Å². The third-order valence-corrected chi connectivity index (χ3v) is 4.48. The molecule has 2 aromatic carbocycles. The fourth-order valence-corrected chi connectivity index (χ4v) is 3.07. The minimum Gasteiger partial charge on any atom is -0.507 e. The van der Waals surface area contributed by atoms with Crippen LogP contribution >= 0.6 is 0 Å². The molecule has 0 unspecified atom stereocenters. The van der Waals surface area contributed by atoms with E-state index in [1.54, 1.807) is 19.1 Å². The lowest BCUT2D eigenvalue weighted by Crippen LogP contribution is -2.39. The molecule has 28 heavy (non-hydrogen) atoms. The molecule has 0 atom stereocenters. The van der Waals surface area contributed by atoms with Gasteiger partial charge < -0.3 is 15.7 Å². The first-order chi connectivity index (χ1) is 13.2. The van der Waals surface area contributed by atoms with Crippen molar-refractivity contribution in [1.29, 1.82) is 0 Å². The average Bonchev–Trinajstić information content (AvgIpc) is 2.59. The van der Waals surface area contributed by atoms with Gasteiger partial charge in [-0.2, -0.15) is 5.10 Å². The molecule has 3 amide bonds. The van der Waals surface area contributed by atoms with Crippen LogP contribution in [-0.2, 0) is 4.79 Å². The predicted molar refractivity (Wildman–Crippen MR) is 105 cm³/mol. The summed E-state index contributed by atoms with van der Waals surface area (Å²) in [6.07, 6.45) is 0.229. The second kappa shape index (κ2) is 7.30. The number of nitrogens with one attached hydrogen (secondary N) is 3. The summed E-state index contributed by atoms with van der Waals surface area (Å²) in [5.74, 6) is -0.588. The van der Waals surface area contributed by atoms with Gasteiger partial charge >= 0.3 is 6.03 Å². The number of rotatable bonds is 3. The Bertz CT molecular complexity index is 985. The maximum atomic E-state index is 13.2. The van der Waals surface area contributed by atoms with Gasteiger partial charge in [0.15, 0.2) is 0 Å². The van der Waals surface area contributed by atoms with Crippen LogP contribution in [0.25, 0.3) is 0 Å². The van der Waals surface area contributed by atoms with E-state index in [4.69, 9.17) is 0 Å². The van der Waals surface area contributed by atoms with Crippen LogP contribution in [0.1, 0.15) is 31.4 Å². The maximum absolute atomic E-state index is 13.2. The minimum absolute atomic E-state index is 0.0108. The van der Waals surface area contributed by atoms with Crippen LogP contribution in [0.5, 0.6) is 5.75 Å². The lowest BCUT2D eigenvalue weighted by Gasteiger charge is -2.30. The molecule has 4 N–H and O–H groups in total. The topological polar surface area (TPSA) is 103 Å². The molecule has 0 bridgehead atoms. The van der Waals surface area contributed by atoms with E-state index in [9.17, 15) is 19.1 Å². The largest absolute Gasteiger partial charge is 0.507 e. The molecule has 8 heteroatoms. The van der Waals surface area contributed by atoms with Crippen LogP contribution in [0.15, 0.2) is 41.5 Å². The van der Waals surface area contributed by atoms with Crippen LogP contribution < -0.4 is 16.1 Å². The quantitative estimate of drug-likeness (QED) is 0.606. The van der Waals surface area contributed by atoms with Crippen LogP contribution in [0, 0.1) is 18.2 Å². The smallest absolute Gasteiger partial charge is 0.323 e. The van der Waals surface area contributed by atoms with Gasteiger partial charge in [-0.15, -0.1) is 0 Å². The number of phenolic OH excluding ortho intramolecular Hbond substituents is 1. The Labute approximate surface area is 161 Å². The number of hydrazone groups is 1. The molecule has 0 aromatic heterocycles. The van der Waals surface area contributed by atoms with Gasteiger partial charge in [-0.25, -0.2) is 14.6 Å². The monoisotopic (exact) mass is 384 g/mol. The van der Waals surface area contributed by atoms with Crippen molar-refractivity contribution in [2.75, 3.05) is 10.6 Å². The second-order valence-corrected chi connectivity index (χ2v) is 7.33. The number of amides is 3. The fraction of sp³-hybridized carbons (Fsp3) is 0.250. The van der Waals surface area contributed by atoms with Gasteiger partial charge in [0.25, 0.3) is 0 Å².